The number of aryl methyl sites for hydroxylation is 1. The minimum Gasteiger partial charge on any atom is -0.496 e. The molecule has 0 aliphatic rings. The molecule has 27 heavy (non-hydrogen) atoms. The molecule has 0 atom stereocenters. The fourth-order valence-electron chi connectivity index (χ4n) is 2.50. The van der Waals surface area contributed by atoms with Crippen LogP contribution in [0, 0.1) is 0 Å². The van der Waals surface area contributed by atoms with E-state index in [9.17, 15) is 0 Å². The number of benzene rings is 1. The number of nitrogens with zero attached hydrogens (tertiary/aromatic N) is 4. The molecule has 1 heterocycles. The fraction of sp³-hybridized carbons (Fsp3) is 0.500. The number of hydrogen-bond acceptors (Lipinski definition) is 5. The number of nitrogens with one attached hydrogen (secondary N) is 2. The highest BCUT2D eigenvalue weighted by atomic mass is 127. The van der Waals surface area contributed by atoms with Gasteiger partial charge in [-0.2, -0.15) is 0 Å². The van der Waals surface area contributed by atoms with Gasteiger partial charge in [0.15, 0.2) is 5.96 Å². The summed E-state index contributed by atoms with van der Waals surface area (Å²) < 4.78 is 13.1. The van der Waals surface area contributed by atoms with Crippen LogP contribution in [-0.2, 0) is 24.3 Å². The van der Waals surface area contributed by atoms with E-state index in [1.807, 2.05) is 28.8 Å². The molecule has 0 bridgehead atoms. The van der Waals surface area contributed by atoms with E-state index < -0.39 is 0 Å². The summed E-state index contributed by atoms with van der Waals surface area (Å²) in [5, 5.41) is 14.5. The lowest BCUT2D eigenvalue weighted by Gasteiger charge is -2.13. The van der Waals surface area contributed by atoms with Gasteiger partial charge >= 0.3 is 0 Å². The molecule has 0 amide bonds. The zero-order chi connectivity index (χ0) is 18.6. The number of aromatic nitrogens is 3. The van der Waals surface area contributed by atoms with Crippen LogP contribution in [0.1, 0.15) is 18.3 Å². The van der Waals surface area contributed by atoms with Crippen molar-refractivity contribution in [3.8, 4) is 5.75 Å². The SMILES string of the molecule is CCc1nncn1CCNC(=NC)NCCOCc1ccccc1OC.I. The van der Waals surface area contributed by atoms with Gasteiger partial charge in [0.05, 0.1) is 20.3 Å². The molecule has 0 fully saturated rings. The number of hydrogen-bond donors (Lipinski definition) is 2. The molecule has 0 aliphatic carbocycles. The summed E-state index contributed by atoms with van der Waals surface area (Å²) in [5.74, 6) is 2.58. The molecular formula is C18H29IN6O2. The van der Waals surface area contributed by atoms with E-state index in [0.29, 0.717) is 19.8 Å². The topological polar surface area (TPSA) is 85.6 Å². The molecular weight excluding hydrogens is 459 g/mol. The van der Waals surface area contributed by atoms with Crippen molar-refractivity contribution in [1.29, 1.82) is 0 Å². The summed E-state index contributed by atoms with van der Waals surface area (Å²) in [7, 11) is 3.42. The van der Waals surface area contributed by atoms with Crippen molar-refractivity contribution in [3.63, 3.8) is 0 Å². The minimum atomic E-state index is 0. The van der Waals surface area contributed by atoms with Gasteiger partial charge < -0.3 is 24.7 Å². The first-order valence-electron chi connectivity index (χ1n) is 8.79. The third-order valence-corrected chi connectivity index (χ3v) is 3.87. The summed E-state index contributed by atoms with van der Waals surface area (Å²) in [6.07, 6.45) is 2.62. The standard InChI is InChI=1S/C18H28N6O2.HI/c1-4-17-23-22-14-24(17)11-9-20-18(19-2)21-10-12-26-13-15-7-5-6-8-16(15)25-3;/h5-8,14H,4,9-13H2,1-3H3,(H2,19,20,21);1H. The van der Waals surface area contributed by atoms with Gasteiger partial charge in [-0.1, -0.05) is 25.1 Å². The maximum absolute atomic E-state index is 5.70. The quantitative estimate of drug-likeness (QED) is 0.230. The highest BCUT2D eigenvalue weighted by molar-refractivity contribution is 14.0. The first-order chi connectivity index (χ1) is 12.8. The summed E-state index contributed by atoms with van der Waals surface area (Å²) in [4.78, 5) is 4.21. The lowest BCUT2D eigenvalue weighted by Crippen LogP contribution is -2.40. The smallest absolute Gasteiger partial charge is 0.191 e. The maximum atomic E-state index is 5.70. The zero-order valence-corrected chi connectivity index (χ0v) is 18.5. The number of para-hydroxylation sites is 1. The second-order valence-corrected chi connectivity index (χ2v) is 5.58. The third kappa shape index (κ3) is 7.71. The normalized spacial score (nSPS) is 11.0. The van der Waals surface area contributed by atoms with Crippen LogP contribution in [0.4, 0.5) is 0 Å². The van der Waals surface area contributed by atoms with E-state index in [2.05, 4.69) is 32.7 Å². The maximum Gasteiger partial charge on any atom is 0.191 e. The first kappa shape index (κ1) is 23.2. The van der Waals surface area contributed by atoms with E-state index in [-0.39, 0.29) is 24.0 Å². The van der Waals surface area contributed by atoms with Crippen molar-refractivity contribution < 1.29 is 9.47 Å². The number of rotatable bonds is 10. The lowest BCUT2D eigenvalue weighted by atomic mass is 10.2. The van der Waals surface area contributed by atoms with Crippen LogP contribution in [0.3, 0.4) is 0 Å². The van der Waals surface area contributed by atoms with Gasteiger partial charge in [0.25, 0.3) is 0 Å². The van der Waals surface area contributed by atoms with E-state index >= 15 is 0 Å². The van der Waals surface area contributed by atoms with Gasteiger partial charge in [0, 0.05) is 38.7 Å². The van der Waals surface area contributed by atoms with Crippen LogP contribution in [0.25, 0.3) is 0 Å². The largest absolute Gasteiger partial charge is 0.496 e. The monoisotopic (exact) mass is 488 g/mol. The average Bonchev–Trinajstić information content (AvgIpc) is 3.14. The molecule has 2 rings (SSSR count). The van der Waals surface area contributed by atoms with Gasteiger partial charge in [-0.05, 0) is 6.07 Å². The van der Waals surface area contributed by atoms with Crippen molar-refractivity contribution in [2.45, 2.75) is 26.5 Å². The van der Waals surface area contributed by atoms with Crippen molar-refractivity contribution in [2.75, 3.05) is 33.9 Å². The Morgan fingerprint density at radius 2 is 2.00 bits per heavy atom. The second-order valence-electron chi connectivity index (χ2n) is 5.58. The molecule has 8 nitrogen and oxygen atoms in total. The fourth-order valence-corrected chi connectivity index (χ4v) is 2.50. The molecule has 2 N–H and O–H groups in total. The molecule has 2 aromatic rings. The number of guanidine groups is 1. The van der Waals surface area contributed by atoms with E-state index in [1.54, 1.807) is 20.5 Å². The molecule has 150 valence electrons. The summed E-state index contributed by atoms with van der Waals surface area (Å²) in [6.45, 7) is 5.37. The Labute approximate surface area is 177 Å². The molecule has 0 unspecified atom stereocenters. The molecule has 9 heteroatoms. The van der Waals surface area contributed by atoms with E-state index in [0.717, 1.165) is 42.6 Å². The van der Waals surface area contributed by atoms with Crippen LogP contribution in [-0.4, -0.2) is 54.6 Å². The first-order valence-corrected chi connectivity index (χ1v) is 8.79. The van der Waals surface area contributed by atoms with Crippen molar-refractivity contribution in [3.05, 3.63) is 42.0 Å². The Balaban J connectivity index is 0.00000364. The number of aliphatic imine (C=N–C) groups is 1. The summed E-state index contributed by atoms with van der Waals surface area (Å²) >= 11 is 0. The Morgan fingerprint density at radius 1 is 1.22 bits per heavy atom. The Hall–Kier alpha value is -1.88. The average molecular weight is 488 g/mol. The molecule has 0 saturated heterocycles. The van der Waals surface area contributed by atoms with Crippen LogP contribution in [0.5, 0.6) is 5.75 Å². The van der Waals surface area contributed by atoms with E-state index in [4.69, 9.17) is 9.47 Å². The van der Waals surface area contributed by atoms with Crippen LogP contribution in [0.2, 0.25) is 0 Å². The third-order valence-electron chi connectivity index (χ3n) is 3.87. The zero-order valence-electron chi connectivity index (χ0n) is 16.1. The number of methoxy groups -OCH3 is 1. The van der Waals surface area contributed by atoms with Gasteiger partial charge in [-0.3, -0.25) is 4.99 Å². The van der Waals surface area contributed by atoms with E-state index in [1.165, 1.54) is 0 Å². The second kappa shape index (κ2) is 13.3. The van der Waals surface area contributed by atoms with Crippen molar-refractivity contribution in [2.24, 2.45) is 4.99 Å². The Bertz CT molecular complexity index is 692. The minimum absolute atomic E-state index is 0. The highest BCUT2D eigenvalue weighted by Gasteiger charge is 2.03. The molecule has 0 aliphatic heterocycles. The predicted octanol–water partition coefficient (Wildman–Crippen LogP) is 1.85. The molecule has 0 saturated carbocycles. The van der Waals surface area contributed by atoms with Crippen LogP contribution < -0.4 is 15.4 Å². The van der Waals surface area contributed by atoms with Gasteiger partial charge in [-0.15, -0.1) is 34.2 Å². The van der Waals surface area contributed by atoms with Crippen molar-refractivity contribution in [1.82, 2.24) is 25.4 Å². The van der Waals surface area contributed by atoms with Crippen LogP contribution >= 0.6 is 24.0 Å². The molecule has 1 aromatic heterocycles. The van der Waals surface area contributed by atoms with Gasteiger partial charge in [0.2, 0.25) is 0 Å². The predicted molar refractivity (Wildman–Crippen MR) is 117 cm³/mol. The Kier molecular flexibility index (Phi) is 11.4. The molecule has 0 spiro atoms. The van der Waals surface area contributed by atoms with Crippen molar-refractivity contribution >= 4 is 29.9 Å². The number of ether oxygens (including phenoxy) is 2. The highest BCUT2D eigenvalue weighted by Crippen LogP contribution is 2.17. The number of halogens is 1. The van der Waals surface area contributed by atoms with Crippen LogP contribution in [0.15, 0.2) is 35.6 Å². The lowest BCUT2D eigenvalue weighted by molar-refractivity contribution is 0.123. The molecule has 0 radical (unpaired) electrons. The summed E-state index contributed by atoms with van der Waals surface area (Å²) in [5.41, 5.74) is 1.04. The van der Waals surface area contributed by atoms with Gasteiger partial charge in [0.1, 0.15) is 17.9 Å². The Morgan fingerprint density at radius 3 is 2.74 bits per heavy atom. The molecule has 1 aromatic carbocycles. The van der Waals surface area contributed by atoms with Gasteiger partial charge in [-0.25, -0.2) is 0 Å². The summed E-state index contributed by atoms with van der Waals surface area (Å²) in [6, 6.07) is 7.86.